The summed E-state index contributed by atoms with van der Waals surface area (Å²) in [5, 5.41) is 0. The van der Waals surface area contributed by atoms with Crippen LogP contribution in [-0.4, -0.2) is 31.9 Å². The Balaban J connectivity index is 1.79. The first-order chi connectivity index (χ1) is 14.5. The van der Waals surface area contributed by atoms with Crippen LogP contribution < -0.4 is 0 Å². The van der Waals surface area contributed by atoms with Crippen molar-refractivity contribution < 1.29 is 26.0 Å². The van der Waals surface area contributed by atoms with Crippen LogP contribution in [0.1, 0.15) is 56.2 Å². The second kappa shape index (κ2) is 9.18. The third-order valence-electron chi connectivity index (χ3n) is 5.85. The van der Waals surface area contributed by atoms with Gasteiger partial charge in [-0.1, -0.05) is 18.2 Å². The Labute approximate surface area is 181 Å². The summed E-state index contributed by atoms with van der Waals surface area (Å²) in [5.41, 5.74) is 3.54. The van der Waals surface area contributed by atoms with E-state index in [1.54, 1.807) is 0 Å². The first-order valence-corrected chi connectivity index (χ1v) is 12.4. The minimum absolute atomic E-state index is 0.0319. The molecule has 8 heteroatoms. The van der Waals surface area contributed by atoms with E-state index in [0.717, 1.165) is 61.3 Å². The number of halogens is 4. The molecule has 170 valence electrons. The maximum Gasteiger partial charge on any atom is 0.416 e. The minimum atomic E-state index is -4.36. The SMILES string of the molecule is C[C@@H](c1ccc(C(F)(F)F)cc1)N1C/C(=C\C/C(F)=C\CS(C)(=O)=O)C2=C1CCCC2. The summed E-state index contributed by atoms with van der Waals surface area (Å²) in [6.45, 7) is 2.55. The molecule has 3 nitrogen and oxygen atoms in total. The second-order valence-electron chi connectivity index (χ2n) is 8.23. The van der Waals surface area contributed by atoms with Gasteiger partial charge in [-0.2, -0.15) is 13.2 Å². The van der Waals surface area contributed by atoms with E-state index in [4.69, 9.17) is 0 Å². The summed E-state index contributed by atoms with van der Waals surface area (Å²) in [5.74, 6) is -0.808. The van der Waals surface area contributed by atoms with Crippen molar-refractivity contribution in [1.29, 1.82) is 0 Å². The van der Waals surface area contributed by atoms with Gasteiger partial charge in [-0.25, -0.2) is 12.8 Å². The molecule has 0 radical (unpaired) electrons. The van der Waals surface area contributed by atoms with Crippen molar-refractivity contribution in [3.8, 4) is 0 Å². The largest absolute Gasteiger partial charge is 0.416 e. The van der Waals surface area contributed by atoms with E-state index in [1.165, 1.54) is 23.4 Å². The first kappa shape index (κ1) is 23.6. The van der Waals surface area contributed by atoms with Gasteiger partial charge in [-0.3, -0.25) is 0 Å². The fourth-order valence-corrected chi connectivity index (χ4v) is 4.65. The number of nitrogens with zero attached hydrogens (tertiary/aromatic N) is 1. The summed E-state index contributed by atoms with van der Waals surface area (Å²) in [4.78, 5) is 2.20. The lowest BCUT2D eigenvalue weighted by Crippen LogP contribution is -2.24. The van der Waals surface area contributed by atoms with E-state index in [-0.39, 0.29) is 18.2 Å². The van der Waals surface area contributed by atoms with E-state index < -0.39 is 27.4 Å². The van der Waals surface area contributed by atoms with Crippen LogP contribution in [0.4, 0.5) is 17.6 Å². The van der Waals surface area contributed by atoms with Crippen LogP contribution in [0.5, 0.6) is 0 Å². The Bertz CT molecular complexity index is 1010. The van der Waals surface area contributed by atoms with Crippen molar-refractivity contribution in [2.75, 3.05) is 18.6 Å². The van der Waals surface area contributed by atoms with Gasteiger partial charge in [0.15, 0.2) is 9.84 Å². The molecule has 3 rings (SSSR count). The Hall–Kier alpha value is -2.09. The van der Waals surface area contributed by atoms with Crippen LogP contribution in [0.25, 0.3) is 0 Å². The topological polar surface area (TPSA) is 37.4 Å². The highest BCUT2D eigenvalue weighted by molar-refractivity contribution is 7.90. The normalized spacial score (nSPS) is 20.4. The number of rotatable bonds is 6. The van der Waals surface area contributed by atoms with Crippen LogP contribution in [-0.2, 0) is 16.0 Å². The van der Waals surface area contributed by atoms with E-state index in [0.29, 0.717) is 6.54 Å². The molecule has 31 heavy (non-hydrogen) atoms. The third-order valence-corrected chi connectivity index (χ3v) is 6.62. The minimum Gasteiger partial charge on any atom is -0.363 e. The molecule has 0 saturated carbocycles. The molecule has 1 aromatic rings. The van der Waals surface area contributed by atoms with Gasteiger partial charge in [0.1, 0.15) is 5.83 Å². The van der Waals surface area contributed by atoms with Crippen LogP contribution in [0.2, 0.25) is 0 Å². The van der Waals surface area contributed by atoms with Crippen molar-refractivity contribution in [1.82, 2.24) is 4.90 Å². The van der Waals surface area contributed by atoms with Gasteiger partial charge in [0.25, 0.3) is 0 Å². The molecule has 0 N–H and O–H groups in total. The van der Waals surface area contributed by atoms with E-state index >= 15 is 0 Å². The van der Waals surface area contributed by atoms with Crippen molar-refractivity contribution in [2.45, 2.75) is 51.2 Å². The van der Waals surface area contributed by atoms with Crippen LogP contribution in [0.3, 0.4) is 0 Å². The van der Waals surface area contributed by atoms with E-state index in [1.807, 2.05) is 13.0 Å². The van der Waals surface area contributed by atoms with E-state index in [2.05, 4.69) is 4.90 Å². The molecule has 0 amide bonds. The summed E-state index contributed by atoms with van der Waals surface area (Å²) < 4.78 is 75.1. The van der Waals surface area contributed by atoms with Crippen LogP contribution in [0, 0.1) is 0 Å². The number of sulfone groups is 1. The van der Waals surface area contributed by atoms with Gasteiger partial charge in [-0.05, 0) is 67.5 Å². The van der Waals surface area contributed by atoms with Gasteiger partial charge in [0, 0.05) is 24.9 Å². The van der Waals surface area contributed by atoms with Crippen molar-refractivity contribution >= 4 is 9.84 Å². The molecule has 0 fully saturated rings. The fourth-order valence-electron chi connectivity index (χ4n) is 4.16. The summed E-state index contributed by atoms with van der Waals surface area (Å²) in [7, 11) is -3.26. The highest BCUT2D eigenvalue weighted by atomic mass is 32.2. The highest BCUT2D eigenvalue weighted by Gasteiger charge is 2.33. The zero-order chi connectivity index (χ0) is 22.8. The molecular weight excluding hydrogens is 430 g/mol. The smallest absolute Gasteiger partial charge is 0.363 e. The Morgan fingerprint density at radius 3 is 2.42 bits per heavy atom. The molecule has 0 saturated heterocycles. The molecule has 1 aliphatic carbocycles. The molecule has 0 spiro atoms. The standard InChI is InChI=1S/C23H27F4NO2S/c1-16(17-7-10-19(11-8-17)23(25,26)27)28-15-18(21-5-3-4-6-22(21)28)9-12-20(24)13-14-31(2,29)30/h7-11,13,16H,3-6,12,14-15H2,1-2H3/b18-9+,20-13+/t16-/m0/s1. The monoisotopic (exact) mass is 457 g/mol. The lowest BCUT2D eigenvalue weighted by Gasteiger charge is -2.31. The molecule has 1 heterocycles. The maximum absolute atomic E-state index is 14.1. The van der Waals surface area contributed by atoms with Crippen molar-refractivity contribution in [3.63, 3.8) is 0 Å². The molecule has 1 aliphatic heterocycles. The van der Waals surface area contributed by atoms with Crippen molar-refractivity contribution in [2.24, 2.45) is 0 Å². The Morgan fingerprint density at radius 2 is 1.81 bits per heavy atom. The molecule has 2 aliphatic rings. The van der Waals surface area contributed by atoms with Crippen LogP contribution in [0.15, 0.2) is 59.1 Å². The number of benzene rings is 1. The average molecular weight is 458 g/mol. The number of hydrogen-bond donors (Lipinski definition) is 0. The Kier molecular flexibility index (Phi) is 6.98. The van der Waals surface area contributed by atoms with Crippen molar-refractivity contribution in [3.05, 3.63) is 70.2 Å². The number of alkyl halides is 3. The molecular formula is C23H27F4NO2S. The summed E-state index contributed by atoms with van der Waals surface area (Å²) in [6, 6.07) is 5.15. The zero-order valence-electron chi connectivity index (χ0n) is 17.7. The molecule has 1 atom stereocenters. The molecule has 0 bridgehead atoms. The number of allylic oxidation sites excluding steroid dienone is 3. The molecule has 0 aromatic heterocycles. The highest BCUT2D eigenvalue weighted by Crippen LogP contribution is 2.43. The van der Waals surface area contributed by atoms with Gasteiger partial charge in [0.05, 0.1) is 17.4 Å². The van der Waals surface area contributed by atoms with Gasteiger partial charge in [-0.15, -0.1) is 0 Å². The van der Waals surface area contributed by atoms with Gasteiger partial charge in [0.2, 0.25) is 0 Å². The quantitative estimate of drug-likeness (QED) is 0.483. The zero-order valence-corrected chi connectivity index (χ0v) is 18.5. The van der Waals surface area contributed by atoms with E-state index in [9.17, 15) is 26.0 Å². The predicted octanol–water partition coefficient (Wildman–Crippen LogP) is 6.12. The van der Waals surface area contributed by atoms with Crippen LogP contribution >= 0.6 is 0 Å². The Morgan fingerprint density at radius 1 is 1.16 bits per heavy atom. The van der Waals surface area contributed by atoms with Gasteiger partial charge >= 0.3 is 6.18 Å². The second-order valence-corrected chi connectivity index (χ2v) is 10.4. The maximum atomic E-state index is 14.1. The average Bonchev–Trinajstić information content (AvgIpc) is 3.08. The summed E-state index contributed by atoms with van der Waals surface area (Å²) >= 11 is 0. The third kappa shape index (κ3) is 5.99. The lowest BCUT2D eigenvalue weighted by atomic mass is 9.93. The first-order valence-electron chi connectivity index (χ1n) is 10.3. The van der Waals surface area contributed by atoms with Gasteiger partial charge < -0.3 is 4.90 Å². The predicted molar refractivity (Wildman–Crippen MR) is 114 cm³/mol. The lowest BCUT2D eigenvalue weighted by molar-refractivity contribution is -0.137. The molecule has 0 unspecified atom stereocenters. The summed E-state index contributed by atoms with van der Waals surface area (Å²) in [6.07, 6.45) is 3.52. The number of hydrogen-bond acceptors (Lipinski definition) is 3. The fraction of sp³-hybridized carbons (Fsp3) is 0.478. The molecule has 1 aromatic carbocycles.